The Kier molecular flexibility index (Phi) is 3.72. The molecule has 1 rings (SSSR count). The highest BCUT2D eigenvalue weighted by Crippen LogP contribution is 2.24. The van der Waals surface area contributed by atoms with Crippen molar-refractivity contribution >= 4 is 5.91 Å². The number of hydrogen-bond acceptors (Lipinski definition) is 2. The number of carbonyl (C=O) groups is 1. The highest BCUT2D eigenvalue weighted by Gasteiger charge is 2.23. The first-order valence-electron chi connectivity index (χ1n) is 5.11. The van der Waals surface area contributed by atoms with Gasteiger partial charge in [0, 0.05) is 13.1 Å². The van der Waals surface area contributed by atoms with Gasteiger partial charge in [-0.1, -0.05) is 6.92 Å². The van der Waals surface area contributed by atoms with Gasteiger partial charge >= 0.3 is 0 Å². The molecule has 3 atom stereocenters. The lowest BCUT2D eigenvalue weighted by Gasteiger charge is -2.17. The van der Waals surface area contributed by atoms with Gasteiger partial charge in [-0.2, -0.15) is 0 Å². The van der Waals surface area contributed by atoms with Gasteiger partial charge in [-0.05, 0) is 32.1 Å². The van der Waals surface area contributed by atoms with E-state index in [1.165, 1.54) is 19.3 Å². The maximum absolute atomic E-state index is 11.2. The summed E-state index contributed by atoms with van der Waals surface area (Å²) in [6.45, 7) is 4.19. The Labute approximate surface area is 80.3 Å². The van der Waals surface area contributed by atoms with Crippen LogP contribution in [0.15, 0.2) is 0 Å². The average Bonchev–Trinajstić information content (AvgIpc) is 2.49. The minimum Gasteiger partial charge on any atom is -0.358 e. The fraction of sp³-hybridized carbons (Fsp3) is 0.900. The summed E-state index contributed by atoms with van der Waals surface area (Å²) >= 11 is 0. The number of hydrogen-bond donors (Lipinski definition) is 2. The Morgan fingerprint density at radius 1 is 1.46 bits per heavy atom. The molecule has 13 heavy (non-hydrogen) atoms. The Hall–Kier alpha value is -0.570. The second-order valence-corrected chi connectivity index (χ2v) is 4.12. The lowest BCUT2D eigenvalue weighted by atomic mass is 10.1. The van der Waals surface area contributed by atoms with Gasteiger partial charge in [0.25, 0.3) is 0 Å². The van der Waals surface area contributed by atoms with Gasteiger partial charge in [0.05, 0.1) is 6.04 Å². The summed E-state index contributed by atoms with van der Waals surface area (Å²) < 4.78 is 0. The summed E-state index contributed by atoms with van der Waals surface area (Å²) in [4.78, 5) is 11.2. The van der Waals surface area contributed by atoms with Gasteiger partial charge < -0.3 is 10.6 Å². The molecule has 1 fully saturated rings. The SMILES string of the molecule is CNC(=O)[C@@H](C)NC1CCC(C)C1. The lowest BCUT2D eigenvalue weighted by molar-refractivity contribution is -0.122. The van der Waals surface area contributed by atoms with Gasteiger partial charge in [0.1, 0.15) is 0 Å². The number of carbonyl (C=O) groups excluding carboxylic acids is 1. The van der Waals surface area contributed by atoms with E-state index in [-0.39, 0.29) is 11.9 Å². The van der Waals surface area contributed by atoms with Crippen LogP contribution in [0, 0.1) is 5.92 Å². The van der Waals surface area contributed by atoms with Gasteiger partial charge in [-0.25, -0.2) is 0 Å². The zero-order valence-electron chi connectivity index (χ0n) is 8.76. The van der Waals surface area contributed by atoms with Crippen LogP contribution in [-0.2, 0) is 4.79 Å². The number of rotatable bonds is 3. The molecule has 1 aliphatic rings. The van der Waals surface area contributed by atoms with Crippen molar-refractivity contribution in [3.63, 3.8) is 0 Å². The maximum atomic E-state index is 11.2. The molecule has 0 saturated heterocycles. The van der Waals surface area contributed by atoms with E-state index in [2.05, 4.69) is 17.6 Å². The van der Waals surface area contributed by atoms with E-state index in [0.717, 1.165) is 5.92 Å². The van der Waals surface area contributed by atoms with Crippen molar-refractivity contribution in [3.05, 3.63) is 0 Å². The molecule has 2 unspecified atom stereocenters. The molecule has 1 aliphatic carbocycles. The largest absolute Gasteiger partial charge is 0.358 e. The van der Waals surface area contributed by atoms with Crippen molar-refractivity contribution in [1.29, 1.82) is 0 Å². The van der Waals surface area contributed by atoms with Gasteiger partial charge in [0.2, 0.25) is 5.91 Å². The summed E-state index contributed by atoms with van der Waals surface area (Å²) in [6.07, 6.45) is 3.71. The Morgan fingerprint density at radius 2 is 2.15 bits per heavy atom. The fourth-order valence-electron chi connectivity index (χ4n) is 2.00. The zero-order valence-corrected chi connectivity index (χ0v) is 8.76. The van der Waals surface area contributed by atoms with E-state index in [1.807, 2.05) is 6.92 Å². The van der Waals surface area contributed by atoms with E-state index in [9.17, 15) is 4.79 Å². The summed E-state index contributed by atoms with van der Waals surface area (Å²) in [6, 6.07) is 0.489. The van der Waals surface area contributed by atoms with Crippen LogP contribution in [-0.4, -0.2) is 25.0 Å². The monoisotopic (exact) mass is 184 g/mol. The highest BCUT2D eigenvalue weighted by atomic mass is 16.2. The van der Waals surface area contributed by atoms with E-state index in [0.29, 0.717) is 6.04 Å². The molecule has 0 radical (unpaired) electrons. The second kappa shape index (κ2) is 4.61. The van der Waals surface area contributed by atoms with Crippen molar-refractivity contribution in [3.8, 4) is 0 Å². The first-order chi connectivity index (χ1) is 6.13. The second-order valence-electron chi connectivity index (χ2n) is 4.12. The molecule has 0 aliphatic heterocycles. The van der Waals surface area contributed by atoms with E-state index in [4.69, 9.17) is 0 Å². The smallest absolute Gasteiger partial charge is 0.236 e. The molecule has 3 nitrogen and oxygen atoms in total. The van der Waals surface area contributed by atoms with E-state index >= 15 is 0 Å². The predicted octanol–water partition coefficient (Wildman–Crippen LogP) is 0.899. The summed E-state index contributed by atoms with van der Waals surface area (Å²) in [5.41, 5.74) is 0. The Morgan fingerprint density at radius 3 is 2.62 bits per heavy atom. The summed E-state index contributed by atoms with van der Waals surface area (Å²) in [5.74, 6) is 0.897. The maximum Gasteiger partial charge on any atom is 0.236 e. The molecular formula is C10H20N2O. The van der Waals surface area contributed by atoms with Crippen molar-refractivity contribution < 1.29 is 4.79 Å². The van der Waals surface area contributed by atoms with Crippen LogP contribution in [0.4, 0.5) is 0 Å². The quantitative estimate of drug-likeness (QED) is 0.684. The van der Waals surface area contributed by atoms with Crippen LogP contribution >= 0.6 is 0 Å². The van der Waals surface area contributed by atoms with Gasteiger partial charge in [-0.15, -0.1) is 0 Å². The minimum atomic E-state index is -0.0553. The number of amides is 1. The average molecular weight is 184 g/mol. The molecule has 1 amide bonds. The van der Waals surface area contributed by atoms with Crippen LogP contribution in [0.25, 0.3) is 0 Å². The number of nitrogens with one attached hydrogen (secondary N) is 2. The first-order valence-corrected chi connectivity index (χ1v) is 5.11. The third-order valence-corrected chi connectivity index (χ3v) is 2.82. The topological polar surface area (TPSA) is 41.1 Å². The van der Waals surface area contributed by atoms with Crippen LogP contribution < -0.4 is 10.6 Å². The molecule has 3 heteroatoms. The highest BCUT2D eigenvalue weighted by molar-refractivity contribution is 5.80. The standard InChI is InChI=1S/C10H20N2O/c1-7-4-5-9(6-7)12-8(2)10(13)11-3/h7-9,12H,4-6H2,1-3H3,(H,11,13)/t7?,8-,9?/m1/s1. The van der Waals surface area contributed by atoms with Crippen molar-refractivity contribution in [2.75, 3.05) is 7.05 Å². The molecular weight excluding hydrogens is 164 g/mol. The molecule has 0 aromatic heterocycles. The molecule has 2 N–H and O–H groups in total. The molecule has 0 heterocycles. The van der Waals surface area contributed by atoms with E-state index < -0.39 is 0 Å². The molecule has 0 spiro atoms. The molecule has 0 aromatic rings. The van der Waals surface area contributed by atoms with Gasteiger partial charge in [0.15, 0.2) is 0 Å². The molecule has 1 saturated carbocycles. The normalized spacial score (nSPS) is 30.1. The number of likely N-dealkylation sites (N-methyl/N-ethyl adjacent to an activating group) is 1. The lowest BCUT2D eigenvalue weighted by Crippen LogP contribution is -2.44. The van der Waals surface area contributed by atoms with Crippen LogP contribution in [0.1, 0.15) is 33.1 Å². The van der Waals surface area contributed by atoms with Crippen LogP contribution in [0.3, 0.4) is 0 Å². The summed E-state index contributed by atoms with van der Waals surface area (Å²) in [5, 5.41) is 6.00. The van der Waals surface area contributed by atoms with Crippen molar-refractivity contribution in [2.45, 2.75) is 45.2 Å². The minimum absolute atomic E-state index is 0.0553. The van der Waals surface area contributed by atoms with Crippen molar-refractivity contribution in [1.82, 2.24) is 10.6 Å². The molecule has 0 bridgehead atoms. The van der Waals surface area contributed by atoms with E-state index in [1.54, 1.807) is 7.05 Å². The fourth-order valence-corrected chi connectivity index (χ4v) is 2.00. The molecule has 0 aromatic carbocycles. The Balaban J connectivity index is 2.28. The Bertz CT molecular complexity index is 182. The van der Waals surface area contributed by atoms with Crippen LogP contribution in [0.2, 0.25) is 0 Å². The predicted molar refractivity (Wildman–Crippen MR) is 53.5 cm³/mol. The third-order valence-electron chi connectivity index (χ3n) is 2.82. The van der Waals surface area contributed by atoms with Gasteiger partial charge in [-0.3, -0.25) is 4.79 Å². The zero-order chi connectivity index (χ0) is 9.84. The summed E-state index contributed by atoms with van der Waals surface area (Å²) in [7, 11) is 1.68. The van der Waals surface area contributed by atoms with Crippen molar-refractivity contribution in [2.24, 2.45) is 5.92 Å². The first kappa shape index (κ1) is 10.5. The third kappa shape index (κ3) is 2.99. The molecule has 76 valence electrons. The van der Waals surface area contributed by atoms with Crippen LogP contribution in [0.5, 0.6) is 0 Å².